The van der Waals surface area contributed by atoms with Crippen LogP contribution in [0.2, 0.25) is 0 Å². The number of aromatic amines is 1. The summed E-state index contributed by atoms with van der Waals surface area (Å²) in [5.41, 5.74) is 3.57. The lowest BCUT2D eigenvalue weighted by molar-refractivity contribution is 0.226. The van der Waals surface area contributed by atoms with Gasteiger partial charge in [0.25, 0.3) is 0 Å². The predicted molar refractivity (Wildman–Crippen MR) is 154 cm³/mol. The van der Waals surface area contributed by atoms with Crippen LogP contribution in [0.1, 0.15) is 31.4 Å². The van der Waals surface area contributed by atoms with E-state index in [0.29, 0.717) is 51.0 Å². The van der Waals surface area contributed by atoms with E-state index in [2.05, 4.69) is 32.4 Å². The Morgan fingerprint density at radius 2 is 1.93 bits per heavy atom. The van der Waals surface area contributed by atoms with E-state index in [4.69, 9.17) is 11.2 Å². The van der Waals surface area contributed by atoms with Crippen molar-refractivity contribution >= 4 is 43.1 Å². The summed E-state index contributed by atoms with van der Waals surface area (Å²) in [5, 5.41) is 1.84. The van der Waals surface area contributed by atoms with Crippen molar-refractivity contribution < 1.29 is 17.0 Å². The fourth-order valence-electron chi connectivity index (χ4n) is 5.72. The van der Waals surface area contributed by atoms with Gasteiger partial charge >= 0.3 is 10.2 Å². The largest absolute Gasteiger partial charge is 0.493 e. The number of pyridine rings is 2. The molecule has 3 aromatic heterocycles. The van der Waals surface area contributed by atoms with Crippen molar-refractivity contribution in [2.45, 2.75) is 30.7 Å². The van der Waals surface area contributed by atoms with Crippen molar-refractivity contribution in [3.63, 3.8) is 0 Å². The Bertz CT molecular complexity index is 2020. The third kappa shape index (κ3) is 4.31. The molecular formula is C30H27FN4O4S. The van der Waals surface area contributed by atoms with Gasteiger partial charge in [0.05, 0.1) is 22.9 Å². The predicted octanol–water partition coefficient (Wildman–Crippen LogP) is 5.00. The number of nitrogens with one attached hydrogen (secondary N) is 1. The summed E-state index contributed by atoms with van der Waals surface area (Å²) >= 11 is 0. The molecule has 6 rings (SSSR count). The summed E-state index contributed by atoms with van der Waals surface area (Å²) in [4.78, 5) is 23.3. The SMILES string of the molecule is C#Cc1ccc2c(c1)[nH]c1c2c(=O)c2cc(OCC)c(-c3cncc(S(=O)(=O)F)c3)cc2n1C1CCN(C)CC1. The molecule has 1 aliphatic heterocycles. The molecule has 40 heavy (non-hydrogen) atoms. The van der Waals surface area contributed by atoms with E-state index >= 15 is 0 Å². The van der Waals surface area contributed by atoms with Crippen LogP contribution in [-0.2, 0) is 10.2 Å². The number of aromatic nitrogens is 3. The van der Waals surface area contributed by atoms with E-state index in [1.54, 1.807) is 6.07 Å². The molecule has 0 spiro atoms. The molecule has 1 saturated heterocycles. The zero-order chi connectivity index (χ0) is 28.2. The second-order valence-electron chi connectivity index (χ2n) is 10.1. The number of terminal acetylenes is 1. The van der Waals surface area contributed by atoms with Gasteiger partial charge in [0.1, 0.15) is 16.3 Å². The Balaban J connectivity index is 1.73. The van der Waals surface area contributed by atoms with Crippen LogP contribution in [0.3, 0.4) is 0 Å². The lowest BCUT2D eigenvalue weighted by Crippen LogP contribution is -2.32. The van der Waals surface area contributed by atoms with E-state index < -0.39 is 15.1 Å². The monoisotopic (exact) mass is 558 g/mol. The standard InChI is InChI=1S/C30H27FN4O4S/c1-4-18-6-7-22-25(12-18)33-30-28(22)29(36)24-15-27(39-5-2)23(19-13-21(17-32-16-19)40(31,37)38)14-26(24)35(30)20-8-10-34(3)11-9-20/h1,6-7,12-17,20,33H,5,8-11H2,2-3H3. The molecule has 0 aliphatic carbocycles. The van der Waals surface area contributed by atoms with Crippen LogP contribution < -0.4 is 10.2 Å². The smallest absolute Gasteiger partial charge is 0.333 e. The third-order valence-electron chi connectivity index (χ3n) is 7.67. The number of fused-ring (bicyclic) bond motifs is 4. The minimum atomic E-state index is -4.97. The van der Waals surface area contributed by atoms with Crippen LogP contribution >= 0.6 is 0 Å². The van der Waals surface area contributed by atoms with Gasteiger partial charge in [-0.1, -0.05) is 12.0 Å². The zero-order valence-corrected chi connectivity index (χ0v) is 22.9. The van der Waals surface area contributed by atoms with Gasteiger partial charge in [0, 0.05) is 46.0 Å². The van der Waals surface area contributed by atoms with E-state index in [1.165, 1.54) is 12.3 Å². The van der Waals surface area contributed by atoms with E-state index in [0.717, 1.165) is 43.0 Å². The first-order valence-electron chi connectivity index (χ1n) is 13.0. The Kier molecular flexibility index (Phi) is 6.36. The molecular weight excluding hydrogens is 531 g/mol. The van der Waals surface area contributed by atoms with Gasteiger partial charge in [0.15, 0.2) is 5.43 Å². The molecule has 0 saturated carbocycles. The van der Waals surface area contributed by atoms with Gasteiger partial charge in [0.2, 0.25) is 0 Å². The molecule has 4 heterocycles. The highest BCUT2D eigenvalue weighted by molar-refractivity contribution is 7.86. The van der Waals surface area contributed by atoms with Crippen molar-refractivity contribution in [3.05, 3.63) is 64.6 Å². The number of benzene rings is 2. The quantitative estimate of drug-likeness (QED) is 0.241. The molecule has 0 unspecified atom stereocenters. The second kappa shape index (κ2) is 9.77. The Morgan fingerprint density at radius 3 is 2.62 bits per heavy atom. The normalized spacial score (nSPS) is 15.2. The van der Waals surface area contributed by atoms with Crippen LogP contribution in [0.4, 0.5) is 3.89 Å². The van der Waals surface area contributed by atoms with Crippen LogP contribution in [-0.4, -0.2) is 54.6 Å². The van der Waals surface area contributed by atoms with Crippen molar-refractivity contribution in [1.82, 2.24) is 19.4 Å². The van der Waals surface area contributed by atoms with Crippen LogP contribution in [0, 0.1) is 12.3 Å². The molecule has 0 atom stereocenters. The summed E-state index contributed by atoms with van der Waals surface area (Å²) < 4.78 is 45.3. The highest BCUT2D eigenvalue weighted by atomic mass is 32.3. The molecule has 1 N–H and O–H groups in total. The maximum Gasteiger partial charge on any atom is 0.333 e. The fraction of sp³-hybridized carbons (Fsp3) is 0.267. The highest BCUT2D eigenvalue weighted by Crippen LogP contribution is 2.39. The number of hydrogen-bond acceptors (Lipinski definition) is 6. The zero-order valence-electron chi connectivity index (χ0n) is 22.1. The summed E-state index contributed by atoms with van der Waals surface area (Å²) in [7, 11) is -2.88. The van der Waals surface area contributed by atoms with Gasteiger partial charge in [-0.05, 0) is 70.2 Å². The second-order valence-corrected chi connectivity index (χ2v) is 11.5. The topological polar surface area (TPSA) is 97.3 Å². The number of halogens is 1. The first-order chi connectivity index (χ1) is 19.2. The van der Waals surface area contributed by atoms with Gasteiger partial charge in [-0.3, -0.25) is 9.78 Å². The molecule has 10 heteroatoms. The number of piperidine rings is 1. The molecule has 0 radical (unpaired) electrons. The number of ether oxygens (including phenoxy) is 1. The molecule has 204 valence electrons. The Labute approximate surface area is 230 Å². The average molecular weight is 559 g/mol. The molecule has 0 amide bonds. The highest BCUT2D eigenvalue weighted by Gasteiger charge is 2.26. The first kappa shape index (κ1) is 26.0. The van der Waals surface area contributed by atoms with Crippen molar-refractivity contribution in [3.8, 4) is 29.2 Å². The van der Waals surface area contributed by atoms with Gasteiger partial charge in [-0.15, -0.1) is 10.3 Å². The fourth-order valence-corrected chi connectivity index (χ4v) is 6.18. The summed E-state index contributed by atoms with van der Waals surface area (Å²) in [5.74, 6) is 3.03. The lowest BCUT2D eigenvalue weighted by atomic mass is 9.99. The van der Waals surface area contributed by atoms with Gasteiger partial charge in [-0.2, -0.15) is 8.42 Å². The maximum absolute atomic E-state index is 14.1. The van der Waals surface area contributed by atoms with E-state index in [-0.39, 0.29) is 11.5 Å². The van der Waals surface area contributed by atoms with E-state index in [9.17, 15) is 17.1 Å². The summed E-state index contributed by atoms with van der Waals surface area (Å²) in [6.45, 7) is 3.91. The number of rotatable bonds is 5. The summed E-state index contributed by atoms with van der Waals surface area (Å²) in [6, 6.07) is 10.4. The number of hydrogen-bond donors (Lipinski definition) is 1. The molecule has 0 bridgehead atoms. The van der Waals surface area contributed by atoms with Crippen LogP contribution in [0.5, 0.6) is 5.75 Å². The number of H-pyrrole nitrogens is 1. The Hall–Kier alpha value is -4.20. The van der Waals surface area contributed by atoms with E-state index in [1.807, 2.05) is 31.2 Å². The first-order valence-corrected chi connectivity index (χ1v) is 14.4. The molecule has 2 aromatic carbocycles. The summed E-state index contributed by atoms with van der Waals surface area (Å²) in [6.07, 6.45) is 9.81. The van der Waals surface area contributed by atoms with Gasteiger partial charge in [-0.25, -0.2) is 0 Å². The van der Waals surface area contributed by atoms with Crippen molar-refractivity contribution in [2.75, 3.05) is 26.7 Å². The average Bonchev–Trinajstić information content (AvgIpc) is 3.32. The third-order valence-corrected chi connectivity index (χ3v) is 8.46. The van der Waals surface area contributed by atoms with Crippen molar-refractivity contribution in [1.29, 1.82) is 0 Å². The maximum atomic E-state index is 14.1. The van der Waals surface area contributed by atoms with Crippen LogP contribution in [0.15, 0.2) is 58.5 Å². The molecule has 5 aromatic rings. The molecule has 1 aliphatic rings. The number of nitrogens with zero attached hydrogens (tertiary/aromatic N) is 3. The molecule has 8 nitrogen and oxygen atoms in total. The lowest BCUT2D eigenvalue weighted by Gasteiger charge is -2.32. The molecule has 1 fully saturated rings. The Morgan fingerprint density at radius 1 is 1.15 bits per heavy atom. The minimum absolute atomic E-state index is 0.0865. The number of likely N-dealkylation sites (tertiary alicyclic amines) is 1. The van der Waals surface area contributed by atoms with Crippen LogP contribution in [0.25, 0.3) is 44.0 Å². The van der Waals surface area contributed by atoms with Gasteiger partial charge < -0.3 is 19.2 Å². The van der Waals surface area contributed by atoms with Crippen molar-refractivity contribution in [2.24, 2.45) is 0 Å². The minimum Gasteiger partial charge on any atom is -0.493 e.